The van der Waals surface area contributed by atoms with Crippen LogP contribution in [0.3, 0.4) is 0 Å². The average molecular weight is 445 g/mol. The number of thiophene rings is 1. The summed E-state index contributed by atoms with van der Waals surface area (Å²) >= 11 is 2.68. The smallest absolute Gasteiger partial charge is 0.340 e. The maximum Gasteiger partial charge on any atom is 0.340 e. The Hall–Kier alpha value is -2.65. The molecule has 2 aromatic heterocycles. The van der Waals surface area contributed by atoms with Gasteiger partial charge in [-0.3, -0.25) is 4.79 Å². The van der Waals surface area contributed by atoms with Crippen LogP contribution in [-0.2, 0) is 28.9 Å². The van der Waals surface area contributed by atoms with Gasteiger partial charge in [0.15, 0.2) is 5.16 Å². The van der Waals surface area contributed by atoms with Crippen LogP contribution >= 0.6 is 23.1 Å². The Bertz CT molecular complexity index is 1010. The van der Waals surface area contributed by atoms with Crippen LogP contribution in [0, 0.1) is 6.92 Å². The van der Waals surface area contributed by atoms with E-state index in [0.717, 1.165) is 30.1 Å². The summed E-state index contributed by atoms with van der Waals surface area (Å²) in [6.45, 7) is 4.65. The van der Waals surface area contributed by atoms with E-state index in [9.17, 15) is 9.59 Å². The summed E-state index contributed by atoms with van der Waals surface area (Å²) in [5.41, 5.74) is 1.63. The van der Waals surface area contributed by atoms with Crippen LogP contribution in [0.15, 0.2) is 41.6 Å². The number of hydrogen-bond acceptors (Lipinski definition) is 7. The third-order valence-electron chi connectivity index (χ3n) is 4.44. The Morgan fingerprint density at radius 3 is 2.67 bits per heavy atom. The number of thioether (sulfide) groups is 1. The van der Waals surface area contributed by atoms with Crippen molar-refractivity contribution >= 4 is 40.0 Å². The number of aryl methyl sites for hydroxylation is 3. The Kier molecular flexibility index (Phi) is 7.64. The second kappa shape index (κ2) is 10.4. The number of carbonyl (C=O) groups is 2. The molecule has 0 aliphatic heterocycles. The molecule has 0 bridgehead atoms. The van der Waals surface area contributed by atoms with Gasteiger partial charge in [0.25, 0.3) is 0 Å². The number of methoxy groups -OCH3 is 1. The normalized spacial score (nSPS) is 10.8. The van der Waals surface area contributed by atoms with E-state index in [0.29, 0.717) is 15.7 Å². The van der Waals surface area contributed by atoms with Crippen molar-refractivity contribution in [1.29, 1.82) is 0 Å². The Balaban J connectivity index is 1.60. The number of benzene rings is 1. The molecule has 2 heterocycles. The maximum atomic E-state index is 12.4. The summed E-state index contributed by atoms with van der Waals surface area (Å²) in [5.74, 6) is 0.416. The van der Waals surface area contributed by atoms with Crippen molar-refractivity contribution < 1.29 is 14.3 Å². The lowest BCUT2D eigenvalue weighted by Crippen LogP contribution is -2.16. The van der Waals surface area contributed by atoms with Gasteiger partial charge in [0, 0.05) is 17.8 Å². The van der Waals surface area contributed by atoms with Gasteiger partial charge in [0.1, 0.15) is 10.8 Å². The highest BCUT2D eigenvalue weighted by molar-refractivity contribution is 7.99. The van der Waals surface area contributed by atoms with Crippen molar-refractivity contribution in [1.82, 2.24) is 14.8 Å². The van der Waals surface area contributed by atoms with Gasteiger partial charge in [-0.05, 0) is 31.9 Å². The molecule has 7 nitrogen and oxygen atoms in total. The molecule has 0 spiro atoms. The van der Waals surface area contributed by atoms with Crippen LogP contribution in [-0.4, -0.2) is 39.5 Å². The lowest BCUT2D eigenvalue weighted by molar-refractivity contribution is -0.113. The molecule has 1 N–H and O–H groups in total. The van der Waals surface area contributed by atoms with Crippen molar-refractivity contribution in [2.45, 2.75) is 38.4 Å². The summed E-state index contributed by atoms with van der Waals surface area (Å²) in [4.78, 5) is 25.2. The Labute approximate surface area is 183 Å². The summed E-state index contributed by atoms with van der Waals surface area (Å²) in [6, 6.07) is 12.0. The largest absolute Gasteiger partial charge is 0.465 e. The SMILES string of the molecule is CCn1c(CCc2ccccc2)nnc1SCC(=O)Nc1sc(C)cc1C(=O)OC. The van der Waals surface area contributed by atoms with Crippen LogP contribution in [0.4, 0.5) is 5.00 Å². The van der Waals surface area contributed by atoms with Gasteiger partial charge < -0.3 is 14.6 Å². The van der Waals surface area contributed by atoms with E-state index in [2.05, 4.69) is 27.6 Å². The second-order valence-corrected chi connectivity index (χ2v) is 8.76. The zero-order valence-electron chi connectivity index (χ0n) is 17.2. The molecule has 0 unspecified atom stereocenters. The molecule has 3 rings (SSSR count). The summed E-state index contributed by atoms with van der Waals surface area (Å²) in [7, 11) is 1.32. The molecule has 1 aromatic carbocycles. The lowest BCUT2D eigenvalue weighted by atomic mass is 10.1. The first-order valence-corrected chi connectivity index (χ1v) is 11.4. The topological polar surface area (TPSA) is 86.1 Å². The number of esters is 1. The van der Waals surface area contributed by atoms with Crippen molar-refractivity contribution in [3.8, 4) is 0 Å². The van der Waals surface area contributed by atoms with Gasteiger partial charge in [-0.1, -0.05) is 42.1 Å². The lowest BCUT2D eigenvalue weighted by Gasteiger charge is -2.08. The van der Waals surface area contributed by atoms with Crippen LogP contribution in [0.25, 0.3) is 0 Å². The first-order chi connectivity index (χ1) is 14.5. The van der Waals surface area contributed by atoms with Crippen LogP contribution < -0.4 is 5.32 Å². The second-order valence-electron chi connectivity index (χ2n) is 6.56. The summed E-state index contributed by atoms with van der Waals surface area (Å²) in [6.07, 6.45) is 1.67. The third kappa shape index (κ3) is 5.48. The number of nitrogens with zero attached hydrogens (tertiary/aromatic N) is 3. The number of ether oxygens (including phenoxy) is 1. The van der Waals surface area contributed by atoms with Gasteiger partial charge in [-0.25, -0.2) is 4.79 Å². The minimum atomic E-state index is -0.462. The van der Waals surface area contributed by atoms with Crippen molar-refractivity contribution in [2.75, 3.05) is 18.2 Å². The van der Waals surface area contributed by atoms with Gasteiger partial charge in [-0.15, -0.1) is 21.5 Å². The first-order valence-electron chi connectivity index (χ1n) is 9.59. The fraction of sp³-hybridized carbons (Fsp3) is 0.333. The minimum Gasteiger partial charge on any atom is -0.465 e. The number of anilines is 1. The molecule has 0 atom stereocenters. The summed E-state index contributed by atoms with van der Waals surface area (Å²) < 4.78 is 6.82. The zero-order chi connectivity index (χ0) is 21.5. The molecule has 30 heavy (non-hydrogen) atoms. The van der Waals surface area contributed by atoms with Gasteiger partial charge in [0.2, 0.25) is 5.91 Å². The molecule has 0 radical (unpaired) electrons. The van der Waals surface area contributed by atoms with Crippen molar-refractivity contribution in [3.63, 3.8) is 0 Å². The molecular weight excluding hydrogens is 420 g/mol. The van der Waals surface area contributed by atoms with Gasteiger partial charge in [0.05, 0.1) is 18.4 Å². The maximum absolute atomic E-state index is 12.4. The molecule has 0 fully saturated rings. The molecular formula is C21H24N4O3S2. The molecule has 0 aliphatic carbocycles. The fourth-order valence-electron chi connectivity index (χ4n) is 2.99. The Morgan fingerprint density at radius 1 is 1.20 bits per heavy atom. The highest BCUT2D eigenvalue weighted by atomic mass is 32.2. The van der Waals surface area contributed by atoms with E-state index in [1.807, 2.05) is 36.6 Å². The number of aromatic nitrogens is 3. The Morgan fingerprint density at radius 2 is 1.97 bits per heavy atom. The predicted octanol–water partition coefficient (Wildman–Crippen LogP) is 3.97. The summed E-state index contributed by atoms with van der Waals surface area (Å²) in [5, 5.41) is 12.6. The van der Waals surface area contributed by atoms with E-state index in [1.54, 1.807) is 6.07 Å². The molecule has 0 aliphatic rings. The molecule has 0 saturated heterocycles. The molecule has 3 aromatic rings. The number of amides is 1. The minimum absolute atomic E-state index is 0.175. The highest BCUT2D eigenvalue weighted by Gasteiger charge is 2.18. The number of nitrogens with one attached hydrogen (secondary N) is 1. The van der Waals surface area contributed by atoms with E-state index in [-0.39, 0.29) is 11.7 Å². The fourth-order valence-corrected chi connectivity index (χ4v) is 4.73. The van der Waals surface area contributed by atoms with E-state index < -0.39 is 5.97 Å². The quantitative estimate of drug-likeness (QED) is 0.397. The first kappa shape index (κ1) is 22.0. The third-order valence-corrected chi connectivity index (χ3v) is 6.37. The van der Waals surface area contributed by atoms with E-state index in [1.165, 1.54) is 35.8 Å². The molecule has 9 heteroatoms. The van der Waals surface area contributed by atoms with E-state index >= 15 is 0 Å². The zero-order valence-corrected chi connectivity index (χ0v) is 18.8. The average Bonchev–Trinajstić information content (AvgIpc) is 3.33. The van der Waals surface area contributed by atoms with Gasteiger partial charge in [-0.2, -0.15) is 0 Å². The van der Waals surface area contributed by atoms with Crippen LogP contribution in [0.5, 0.6) is 0 Å². The molecule has 0 saturated carbocycles. The predicted molar refractivity (Wildman–Crippen MR) is 119 cm³/mol. The van der Waals surface area contributed by atoms with Gasteiger partial charge >= 0.3 is 5.97 Å². The van der Waals surface area contributed by atoms with Crippen molar-refractivity contribution in [3.05, 3.63) is 58.2 Å². The van der Waals surface area contributed by atoms with Crippen LogP contribution in [0.1, 0.15) is 33.5 Å². The number of carbonyl (C=O) groups excluding carboxylic acids is 2. The highest BCUT2D eigenvalue weighted by Crippen LogP contribution is 2.28. The van der Waals surface area contributed by atoms with Crippen LogP contribution in [0.2, 0.25) is 0 Å². The number of rotatable bonds is 9. The standard InChI is InChI=1S/C21H24N4O3S2/c1-4-25-17(11-10-15-8-6-5-7-9-15)23-24-21(25)29-13-18(26)22-19-16(20(27)28-3)12-14(2)30-19/h5-9,12H,4,10-11,13H2,1-3H3,(H,22,26). The molecule has 158 valence electrons. The monoisotopic (exact) mass is 444 g/mol. The molecule has 1 amide bonds. The van der Waals surface area contributed by atoms with E-state index in [4.69, 9.17) is 4.74 Å². The van der Waals surface area contributed by atoms with Crippen molar-refractivity contribution in [2.24, 2.45) is 0 Å². The number of hydrogen-bond donors (Lipinski definition) is 1.